The molecule has 0 radical (unpaired) electrons. The summed E-state index contributed by atoms with van der Waals surface area (Å²) in [4.78, 5) is 23.3. The fourth-order valence-corrected chi connectivity index (χ4v) is 3.40. The van der Waals surface area contributed by atoms with Crippen LogP contribution in [0.15, 0.2) is 57.9 Å². The summed E-state index contributed by atoms with van der Waals surface area (Å²) in [7, 11) is -3.63. The molecule has 0 fully saturated rings. The van der Waals surface area contributed by atoms with E-state index in [1.54, 1.807) is 36.4 Å². The van der Waals surface area contributed by atoms with Crippen LogP contribution in [0.5, 0.6) is 0 Å². The van der Waals surface area contributed by atoms with Crippen molar-refractivity contribution in [2.45, 2.75) is 11.8 Å². The highest BCUT2D eigenvalue weighted by molar-refractivity contribution is 9.10. The van der Waals surface area contributed by atoms with Crippen LogP contribution < -0.4 is 15.4 Å². The first-order valence-electron chi connectivity index (χ1n) is 7.69. The van der Waals surface area contributed by atoms with Gasteiger partial charge in [-0.3, -0.25) is 9.59 Å². The smallest absolute Gasteiger partial charge is 0.251 e. The summed E-state index contributed by atoms with van der Waals surface area (Å²) in [6.45, 7) is 1.55. The minimum atomic E-state index is -3.63. The Balaban J connectivity index is 1.86. The number of hydrogen-bond acceptors (Lipinski definition) is 4. The molecule has 2 aromatic rings. The minimum absolute atomic E-state index is 0.0511. The topological polar surface area (TPSA) is 104 Å². The molecular formula is C17H18BrN3O4S. The maximum Gasteiger partial charge on any atom is 0.251 e. The Kier molecular flexibility index (Phi) is 6.90. The molecule has 0 bridgehead atoms. The van der Waals surface area contributed by atoms with Crippen molar-refractivity contribution in [1.29, 1.82) is 0 Å². The van der Waals surface area contributed by atoms with E-state index in [1.807, 2.05) is 0 Å². The molecule has 0 saturated heterocycles. The highest BCUT2D eigenvalue weighted by atomic mass is 79.9. The van der Waals surface area contributed by atoms with Crippen molar-refractivity contribution >= 4 is 43.5 Å². The first kappa shape index (κ1) is 20.1. The third-order valence-corrected chi connectivity index (χ3v) is 5.28. The van der Waals surface area contributed by atoms with Gasteiger partial charge in [-0.25, -0.2) is 13.1 Å². The molecule has 0 spiro atoms. The molecule has 0 atom stereocenters. The van der Waals surface area contributed by atoms with Crippen LogP contribution in [-0.4, -0.2) is 33.3 Å². The number of anilines is 1. The van der Waals surface area contributed by atoms with Crippen molar-refractivity contribution in [3.63, 3.8) is 0 Å². The Morgan fingerprint density at radius 2 is 1.73 bits per heavy atom. The summed E-state index contributed by atoms with van der Waals surface area (Å²) >= 11 is 3.25. The number of hydrogen-bond donors (Lipinski definition) is 3. The largest absolute Gasteiger partial charge is 0.351 e. The number of rotatable bonds is 7. The first-order valence-corrected chi connectivity index (χ1v) is 9.96. The Hall–Kier alpha value is -2.23. The molecule has 0 aliphatic carbocycles. The second-order valence-electron chi connectivity index (χ2n) is 5.37. The quantitative estimate of drug-likeness (QED) is 0.574. The third kappa shape index (κ3) is 5.94. The van der Waals surface area contributed by atoms with Crippen molar-refractivity contribution in [3.8, 4) is 0 Å². The number of carbonyl (C=O) groups excluding carboxylic acids is 2. The van der Waals surface area contributed by atoms with Gasteiger partial charge in [0.2, 0.25) is 15.9 Å². The number of halogens is 1. The van der Waals surface area contributed by atoms with Gasteiger partial charge in [0.1, 0.15) is 0 Å². The van der Waals surface area contributed by atoms with Crippen LogP contribution in [0.25, 0.3) is 0 Å². The van der Waals surface area contributed by atoms with Gasteiger partial charge in [-0.1, -0.05) is 22.0 Å². The number of amides is 2. The minimum Gasteiger partial charge on any atom is -0.351 e. The van der Waals surface area contributed by atoms with Gasteiger partial charge in [0, 0.05) is 35.7 Å². The molecule has 0 aliphatic rings. The molecule has 26 heavy (non-hydrogen) atoms. The van der Waals surface area contributed by atoms with Crippen molar-refractivity contribution in [2.24, 2.45) is 0 Å². The van der Waals surface area contributed by atoms with E-state index in [4.69, 9.17) is 0 Å². The summed E-state index contributed by atoms with van der Waals surface area (Å²) < 4.78 is 27.5. The lowest BCUT2D eigenvalue weighted by Gasteiger charge is -2.09. The van der Waals surface area contributed by atoms with Crippen LogP contribution in [0.2, 0.25) is 0 Å². The Labute approximate surface area is 160 Å². The van der Waals surface area contributed by atoms with Gasteiger partial charge in [-0.05, 0) is 42.5 Å². The van der Waals surface area contributed by atoms with Crippen LogP contribution in [0.1, 0.15) is 17.3 Å². The fourth-order valence-electron chi connectivity index (χ4n) is 2.10. The zero-order valence-electron chi connectivity index (χ0n) is 14.0. The number of sulfonamides is 1. The average Bonchev–Trinajstić information content (AvgIpc) is 2.58. The third-order valence-electron chi connectivity index (χ3n) is 3.27. The fraction of sp³-hybridized carbons (Fsp3) is 0.176. The van der Waals surface area contributed by atoms with Gasteiger partial charge in [0.25, 0.3) is 5.91 Å². The lowest BCUT2D eigenvalue weighted by molar-refractivity contribution is -0.114. The van der Waals surface area contributed by atoms with E-state index < -0.39 is 10.0 Å². The molecule has 7 nitrogen and oxygen atoms in total. The monoisotopic (exact) mass is 439 g/mol. The Morgan fingerprint density at radius 1 is 1.04 bits per heavy atom. The van der Waals surface area contributed by atoms with Gasteiger partial charge in [0.15, 0.2) is 0 Å². The van der Waals surface area contributed by atoms with E-state index in [0.717, 1.165) is 4.47 Å². The molecule has 2 aromatic carbocycles. The molecule has 0 saturated carbocycles. The highest BCUT2D eigenvalue weighted by Gasteiger charge is 2.13. The zero-order valence-corrected chi connectivity index (χ0v) is 16.4. The maximum atomic E-state index is 12.1. The average molecular weight is 440 g/mol. The Morgan fingerprint density at radius 3 is 2.38 bits per heavy atom. The van der Waals surface area contributed by atoms with Crippen LogP contribution in [0.3, 0.4) is 0 Å². The zero-order chi connectivity index (χ0) is 19.2. The van der Waals surface area contributed by atoms with Gasteiger partial charge in [-0.2, -0.15) is 0 Å². The molecule has 138 valence electrons. The van der Waals surface area contributed by atoms with E-state index in [2.05, 4.69) is 31.3 Å². The second kappa shape index (κ2) is 8.93. The molecule has 9 heteroatoms. The van der Waals surface area contributed by atoms with Gasteiger partial charge in [-0.15, -0.1) is 0 Å². The predicted molar refractivity (Wildman–Crippen MR) is 102 cm³/mol. The summed E-state index contributed by atoms with van der Waals surface area (Å²) in [5, 5.41) is 5.22. The number of carbonyl (C=O) groups is 2. The summed E-state index contributed by atoms with van der Waals surface area (Å²) in [6, 6.07) is 12.7. The van der Waals surface area contributed by atoms with Crippen molar-refractivity contribution in [3.05, 3.63) is 58.6 Å². The molecule has 0 aromatic heterocycles. The van der Waals surface area contributed by atoms with Crippen molar-refractivity contribution in [1.82, 2.24) is 10.0 Å². The van der Waals surface area contributed by atoms with Crippen molar-refractivity contribution < 1.29 is 18.0 Å². The molecule has 0 heterocycles. The molecule has 3 N–H and O–H groups in total. The maximum absolute atomic E-state index is 12.1. The van der Waals surface area contributed by atoms with E-state index in [0.29, 0.717) is 11.3 Å². The van der Waals surface area contributed by atoms with Crippen molar-refractivity contribution in [2.75, 3.05) is 18.4 Å². The second-order valence-corrected chi connectivity index (χ2v) is 8.05. The van der Waals surface area contributed by atoms with Crippen LogP contribution in [0, 0.1) is 0 Å². The van der Waals surface area contributed by atoms with Gasteiger partial charge in [0.05, 0.1) is 4.90 Å². The molecule has 0 aliphatic heterocycles. The molecule has 2 amide bonds. The number of nitrogens with one attached hydrogen (secondary N) is 3. The van der Waals surface area contributed by atoms with E-state index in [1.165, 1.54) is 19.1 Å². The molecule has 0 unspecified atom stereocenters. The van der Waals surface area contributed by atoms with Crippen LogP contribution in [0.4, 0.5) is 5.69 Å². The van der Waals surface area contributed by atoms with Gasteiger partial charge >= 0.3 is 0 Å². The summed E-state index contributed by atoms with van der Waals surface area (Å²) in [5.41, 5.74) is 0.883. The Bertz CT molecular complexity index is 898. The van der Waals surface area contributed by atoms with E-state index in [-0.39, 0.29) is 29.8 Å². The highest BCUT2D eigenvalue weighted by Crippen LogP contribution is 2.14. The van der Waals surface area contributed by atoms with Gasteiger partial charge < -0.3 is 10.6 Å². The standard InChI is InChI=1S/C17H18BrN3O4S/c1-12(22)21-15-4-2-3-13(11-15)17(23)19-9-10-20-26(24,25)16-7-5-14(18)6-8-16/h2-8,11,20H,9-10H2,1H3,(H,19,23)(H,21,22). The normalized spacial score (nSPS) is 11.0. The van der Waals surface area contributed by atoms with E-state index in [9.17, 15) is 18.0 Å². The molecule has 2 rings (SSSR count). The summed E-state index contributed by atoms with van der Waals surface area (Å²) in [5.74, 6) is -0.593. The predicted octanol–water partition coefficient (Wildman–Crippen LogP) is 2.12. The van der Waals surface area contributed by atoms with E-state index >= 15 is 0 Å². The lowest BCUT2D eigenvalue weighted by Crippen LogP contribution is -2.34. The number of benzene rings is 2. The molecular weight excluding hydrogens is 422 g/mol. The van der Waals surface area contributed by atoms with Crippen LogP contribution >= 0.6 is 15.9 Å². The summed E-state index contributed by atoms with van der Waals surface area (Å²) in [6.07, 6.45) is 0. The van der Waals surface area contributed by atoms with Crippen LogP contribution in [-0.2, 0) is 14.8 Å². The SMILES string of the molecule is CC(=O)Nc1cccc(C(=O)NCCNS(=O)(=O)c2ccc(Br)cc2)c1. The first-order chi connectivity index (χ1) is 12.3. The lowest BCUT2D eigenvalue weighted by atomic mass is 10.2.